The van der Waals surface area contributed by atoms with E-state index < -0.39 is 5.97 Å². The van der Waals surface area contributed by atoms with Crippen LogP contribution in [0, 0.1) is 6.92 Å². The lowest BCUT2D eigenvalue weighted by molar-refractivity contribution is -0.137. The summed E-state index contributed by atoms with van der Waals surface area (Å²) in [5, 5.41) is 13.8. The highest BCUT2D eigenvalue weighted by atomic mass is 35.5. The molecule has 2 aromatic carbocycles. The van der Waals surface area contributed by atoms with Gasteiger partial charge in [0.05, 0.1) is 17.7 Å². The van der Waals surface area contributed by atoms with Gasteiger partial charge < -0.3 is 19.9 Å². The van der Waals surface area contributed by atoms with Crippen LogP contribution in [-0.4, -0.2) is 47.1 Å². The number of hydrogen-bond donors (Lipinski definition) is 2. The number of nitrogens with zero attached hydrogens (tertiary/aromatic N) is 2. The zero-order chi connectivity index (χ0) is 21.1. The molecule has 0 spiro atoms. The molecule has 152 valence electrons. The lowest BCUT2D eigenvalue weighted by Crippen LogP contribution is -2.27. The third-order valence-electron chi connectivity index (χ3n) is 4.35. The molecule has 2 N–H and O–H groups in total. The highest BCUT2D eigenvalue weighted by Gasteiger charge is 2.20. The van der Waals surface area contributed by atoms with Gasteiger partial charge in [-0.05, 0) is 57.4 Å². The van der Waals surface area contributed by atoms with E-state index in [4.69, 9.17) is 11.6 Å². The summed E-state index contributed by atoms with van der Waals surface area (Å²) in [6, 6.07) is 13.0. The van der Waals surface area contributed by atoms with Crippen molar-refractivity contribution in [1.29, 1.82) is 0 Å². The van der Waals surface area contributed by atoms with Gasteiger partial charge in [0, 0.05) is 25.9 Å². The van der Waals surface area contributed by atoms with Gasteiger partial charge >= 0.3 is 5.97 Å². The monoisotopic (exact) mass is 431 g/mol. The van der Waals surface area contributed by atoms with Crippen LogP contribution in [0.25, 0.3) is 10.9 Å². The summed E-state index contributed by atoms with van der Waals surface area (Å²) in [6.45, 7) is 2.00. The van der Waals surface area contributed by atoms with Crippen molar-refractivity contribution in [1.82, 2.24) is 9.47 Å². The van der Waals surface area contributed by atoms with Crippen molar-refractivity contribution in [3.05, 3.63) is 53.2 Å². The first kappa shape index (κ1) is 21.2. The van der Waals surface area contributed by atoms with Crippen molar-refractivity contribution in [3.63, 3.8) is 0 Å². The summed E-state index contributed by atoms with van der Waals surface area (Å²) in [6.07, 6.45) is 0. The molecule has 0 aliphatic carbocycles. The number of rotatable bonds is 7. The summed E-state index contributed by atoms with van der Waals surface area (Å²) < 4.78 is 1.76. The second kappa shape index (κ2) is 8.90. The van der Waals surface area contributed by atoms with Crippen LogP contribution in [0.2, 0.25) is 5.02 Å². The molecule has 1 amide bonds. The van der Waals surface area contributed by atoms with Crippen LogP contribution < -0.4 is 5.32 Å². The Bertz CT molecular complexity index is 1060. The standard InChI is InChI=1S/C21H22ClN3O3S/c1-13-21(29-15-9-7-14(22)8-10-15)20-16(23-18(26)11-24(2)3)5-4-6-17(20)25(13)12-19(27)28/h4-10H,11-12H2,1-3H3,(H,23,26)(H,27,28). The zero-order valence-electron chi connectivity index (χ0n) is 16.4. The Balaban J connectivity index is 2.13. The molecular weight excluding hydrogens is 410 g/mol. The summed E-state index contributed by atoms with van der Waals surface area (Å²) in [4.78, 5) is 27.5. The van der Waals surface area contributed by atoms with E-state index >= 15 is 0 Å². The Morgan fingerprint density at radius 2 is 1.86 bits per heavy atom. The van der Waals surface area contributed by atoms with E-state index in [1.54, 1.807) is 9.47 Å². The first-order chi connectivity index (χ1) is 13.8. The quantitative estimate of drug-likeness (QED) is 0.582. The zero-order valence-corrected chi connectivity index (χ0v) is 18.0. The average molecular weight is 432 g/mol. The van der Waals surface area contributed by atoms with Crippen molar-refractivity contribution < 1.29 is 14.7 Å². The van der Waals surface area contributed by atoms with Crippen LogP contribution in [0.3, 0.4) is 0 Å². The Hall–Kier alpha value is -2.48. The highest BCUT2D eigenvalue weighted by molar-refractivity contribution is 7.99. The van der Waals surface area contributed by atoms with E-state index in [0.29, 0.717) is 10.7 Å². The predicted molar refractivity (Wildman–Crippen MR) is 117 cm³/mol. The van der Waals surface area contributed by atoms with Gasteiger partial charge in [-0.2, -0.15) is 0 Å². The van der Waals surface area contributed by atoms with Gasteiger partial charge in [-0.15, -0.1) is 0 Å². The molecule has 0 aliphatic rings. The van der Waals surface area contributed by atoms with Crippen LogP contribution in [0.5, 0.6) is 0 Å². The van der Waals surface area contributed by atoms with E-state index in [-0.39, 0.29) is 19.0 Å². The van der Waals surface area contributed by atoms with Crippen molar-refractivity contribution in [2.75, 3.05) is 26.0 Å². The van der Waals surface area contributed by atoms with Gasteiger partial charge in [0.1, 0.15) is 6.54 Å². The predicted octanol–water partition coefficient (Wildman–Crippen LogP) is 4.34. The Labute approximate surface area is 178 Å². The molecule has 0 aliphatic heterocycles. The molecule has 0 atom stereocenters. The molecule has 3 aromatic rings. The molecule has 0 bridgehead atoms. The van der Waals surface area contributed by atoms with E-state index in [2.05, 4.69) is 5.32 Å². The maximum absolute atomic E-state index is 12.4. The molecule has 0 unspecified atom stereocenters. The Morgan fingerprint density at radius 1 is 1.17 bits per heavy atom. The number of carboxylic acid groups (broad SMARTS) is 1. The Morgan fingerprint density at radius 3 is 2.48 bits per heavy atom. The minimum absolute atomic E-state index is 0.131. The third kappa shape index (κ3) is 4.93. The lowest BCUT2D eigenvalue weighted by Gasteiger charge is -2.12. The van der Waals surface area contributed by atoms with E-state index in [0.717, 1.165) is 26.4 Å². The number of carboxylic acids is 1. The molecule has 1 aromatic heterocycles. The molecule has 3 rings (SSSR count). The molecule has 8 heteroatoms. The summed E-state index contributed by atoms with van der Waals surface area (Å²) in [7, 11) is 3.66. The number of carbonyl (C=O) groups is 2. The fourth-order valence-corrected chi connectivity index (χ4v) is 4.36. The number of nitrogens with one attached hydrogen (secondary N) is 1. The van der Waals surface area contributed by atoms with Crippen LogP contribution in [0.4, 0.5) is 5.69 Å². The fourth-order valence-electron chi connectivity index (χ4n) is 3.15. The normalized spacial score (nSPS) is 11.2. The number of aromatic nitrogens is 1. The first-order valence-electron chi connectivity index (χ1n) is 8.98. The van der Waals surface area contributed by atoms with E-state index in [1.165, 1.54) is 11.8 Å². The number of likely N-dealkylation sites (N-methyl/N-ethyl adjacent to an activating group) is 1. The van der Waals surface area contributed by atoms with Crippen molar-refractivity contribution in [2.24, 2.45) is 0 Å². The fraction of sp³-hybridized carbons (Fsp3) is 0.238. The largest absolute Gasteiger partial charge is 0.480 e. The molecule has 1 heterocycles. The number of aliphatic carboxylic acids is 1. The van der Waals surface area contributed by atoms with Crippen molar-refractivity contribution in [3.8, 4) is 0 Å². The molecule has 0 saturated heterocycles. The van der Waals surface area contributed by atoms with Crippen LogP contribution >= 0.6 is 23.4 Å². The van der Waals surface area contributed by atoms with Crippen molar-refractivity contribution >= 4 is 51.8 Å². The summed E-state index contributed by atoms with van der Waals surface area (Å²) >= 11 is 7.52. The van der Waals surface area contributed by atoms with E-state index in [9.17, 15) is 14.7 Å². The minimum Gasteiger partial charge on any atom is -0.480 e. The molecule has 6 nitrogen and oxygen atoms in total. The smallest absolute Gasteiger partial charge is 0.323 e. The maximum Gasteiger partial charge on any atom is 0.323 e. The summed E-state index contributed by atoms with van der Waals surface area (Å²) in [5.74, 6) is -1.05. The van der Waals surface area contributed by atoms with Crippen LogP contribution in [0.15, 0.2) is 52.3 Å². The van der Waals surface area contributed by atoms with Gasteiger partial charge in [-0.25, -0.2) is 0 Å². The van der Waals surface area contributed by atoms with Crippen LogP contribution in [-0.2, 0) is 16.1 Å². The SMILES string of the molecule is Cc1c(Sc2ccc(Cl)cc2)c2c(NC(=O)CN(C)C)cccc2n1CC(=O)O. The minimum atomic E-state index is -0.921. The van der Waals surface area contributed by atoms with Gasteiger partial charge in [0.2, 0.25) is 5.91 Å². The number of benzene rings is 2. The number of fused-ring (bicyclic) bond motifs is 1. The lowest BCUT2D eigenvalue weighted by atomic mass is 10.2. The van der Waals surface area contributed by atoms with Gasteiger partial charge in [-0.1, -0.05) is 29.4 Å². The molecule has 0 saturated carbocycles. The maximum atomic E-state index is 12.4. The molecule has 29 heavy (non-hydrogen) atoms. The number of amides is 1. The first-order valence-corrected chi connectivity index (χ1v) is 10.2. The molecule has 0 radical (unpaired) electrons. The number of halogens is 1. The highest BCUT2D eigenvalue weighted by Crippen LogP contribution is 2.41. The average Bonchev–Trinajstić information content (AvgIpc) is 2.89. The van der Waals surface area contributed by atoms with Gasteiger partial charge in [0.25, 0.3) is 0 Å². The Kier molecular flexibility index (Phi) is 6.52. The topological polar surface area (TPSA) is 74.6 Å². The van der Waals surface area contributed by atoms with Crippen molar-refractivity contribution in [2.45, 2.75) is 23.3 Å². The number of anilines is 1. The number of hydrogen-bond acceptors (Lipinski definition) is 4. The van der Waals surface area contributed by atoms with E-state index in [1.807, 2.05) is 63.5 Å². The number of carbonyl (C=O) groups excluding carboxylic acids is 1. The molecular formula is C21H22ClN3O3S. The second-order valence-corrected chi connectivity index (χ2v) is 8.46. The van der Waals surface area contributed by atoms with Gasteiger partial charge in [-0.3, -0.25) is 9.59 Å². The van der Waals surface area contributed by atoms with Gasteiger partial charge in [0.15, 0.2) is 0 Å². The third-order valence-corrected chi connectivity index (χ3v) is 5.82. The van der Waals surface area contributed by atoms with Crippen LogP contribution in [0.1, 0.15) is 5.69 Å². The second-order valence-electron chi connectivity index (χ2n) is 6.94. The summed E-state index contributed by atoms with van der Waals surface area (Å²) in [5.41, 5.74) is 2.26. The molecule has 0 fully saturated rings.